The van der Waals surface area contributed by atoms with Gasteiger partial charge in [0.05, 0.1) is 12.3 Å². The van der Waals surface area contributed by atoms with Gasteiger partial charge in [0, 0.05) is 23.6 Å². The fourth-order valence-electron chi connectivity index (χ4n) is 2.51. The lowest BCUT2D eigenvalue weighted by Gasteiger charge is -2.16. The largest absolute Gasteiger partial charge is 0.376 e. The fraction of sp³-hybridized carbons (Fsp3) is 0.235. The first-order valence-electron chi connectivity index (χ1n) is 7.40. The van der Waals surface area contributed by atoms with Crippen molar-refractivity contribution in [1.82, 2.24) is 10.4 Å². The molecule has 112 valence electrons. The minimum absolute atomic E-state index is 0.155. The molecule has 0 atom stereocenters. The van der Waals surface area contributed by atoms with Gasteiger partial charge in [-0.1, -0.05) is 18.2 Å². The molecule has 0 saturated carbocycles. The van der Waals surface area contributed by atoms with Crippen LogP contribution in [0.3, 0.4) is 0 Å². The first-order valence-corrected chi connectivity index (χ1v) is 7.40. The number of hydrogen-bond donors (Lipinski definition) is 2. The Morgan fingerprint density at radius 2 is 2.05 bits per heavy atom. The molecule has 2 N–H and O–H groups in total. The number of aromatic nitrogens is 1. The van der Waals surface area contributed by atoms with Crippen LogP contribution >= 0.6 is 0 Å². The number of nitrogens with one attached hydrogen (secondary N) is 2. The third-order valence-electron chi connectivity index (χ3n) is 3.62. The summed E-state index contributed by atoms with van der Waals surface area (Å²) in [4.78, 5) is 16.0. The van der Waals surface area contributed by atoms with Crippen LogP contribution in [0.2, 0.25) is 0 Å². The first-order chi connectivity index (χ1) is 10.8. The van der Waals surface area contributed by atoms with Gasteiger partial charge < -0.3 is 5.32 Å². The number of fused-ring (bicyclic) bond motifs is 1. The maximum Gasteiger partial charge on any atom is 0.259 e. The van der Waals surface area contributed by atoms with Crippen molar-refractivity contribution in [2.24, 2.45) is 5.10 Å². The molecule has 1 heterocycles. The Balaban J connectivity index is 1.59. The van der Waals surface area contributed by atoms with E-state index in [1.165, 1.54) is 5.56 Å². The van der Waals surface area contributed by atoms with Crippen LogP contribution in [0.1, 0.15) is 24.0 Å². The molecule has 0 bridgehead atoms. The third kappa shape index (κ3) is 3.49. The van der Waals surface area contributed by atoms with Gasteiger partial charge in [-0.2, -0.15) is 5.10 Å². The Labute approximate surface area is 129 Å². The zero-order valence-electron chi connectivity index (χ0n) is 12.2. The summed E-state index contributed by atoms with van der Waals surface area (Å²) in [5.74, 6) is -0.155. The minimum Gasteiger partial charge on any atom is -0.376 e. The summed E-state index contributed by atoms with van der Waals surface area (Å²) in [5, 5.41) is 7.35. The Morgan fingerprint density at radius 3 is 2.91 bits per heavy atom. The minimum atomic E-state index is -0.155. The second-order valence-electron chi connectivity index (χ2n) is 5.20. The van der Waals surface area contributed by atoms with Gasteiger partial charge in [-0.05, 0) is 43.0 Å². The summed E-state index contributed by atoms with van der Waals surface area (Å²) in [6, 6.07) is 11.6. The van der Waals surface area contributed by atoms with E-state index in [0.717, 1.165) is 36.2 Å². The van der Waals surface area contributed by atoms with Gasteiger partial charge in [-0.3, -0.25) is 9.78 Å². The molecular weight excluding hydrogens is 276 g/mol. The number of pyridine rings is 1. The van der Waals surface area contributed by atoms with Crippen molar-refractivity contribution >= 4 is 17.3 Å². The van der Waals surface area contributed by atoms with E-state index in [0.29, 0.717) is 0 Å². The van der Waals surface area contributed by atoms with E-state index in [1.54, 1.807) is 6.20 Å². The average molecular weight is 294 g/mol. The van der Waals surface area contributed by atoms with E-state index in [1.807, 2.05) is 42.6 Å². The van der Waals surface area contributed by atoms with Crippen molar-refractivity contribution in [3.05, 3.63) is 59.9 Å². The van der Waals surface area contributed by atoms with Gasteiger partial charge in [0.2, 0.25) is 0 Å². The zero-order valence-corrected chi connectivity index (χ0v) is 12.2. The molecular formula is C17H18N4O. The van der Waals surface area contributed by atoms with E-state index in [4.69, 9.17) is 0 Å². The number of carbonyl (C=O) groups is 1. The van der Waals surface area contributed by atoms with Crippen LogP contribution < -0.4 is 10.7 Å². The number of carbonyl (C=O) groups excluding carboxylic acids is 1. The lowest BCUT2D eigenvalue weighted by Crippen LogP contribution is -2.27. The van der Waals surface area contributed by atoms with Crippen LogP contribution in [0.4, 0.5) is 5.69 Å². The molecule has 0 aliphatic heterocycles. The Bertz CT molecular complexity index is 682. The van der Waals surface area contributed by atoms with E-state index >= 15 is 0 Å². The Kier molecular flexibility index (Phi) is 4.44. The number of amides is 1. The van der Waals surface area contributed by atoms with Crippen LogP contribution in [-0.2, 0) is 11.2 Å². The molecule has 1 aliphatic rings. The maximum absolute atomic E-state index is 11.9. The van der Waals surface area contributed by atoms with Crippen molar-refractivity contribution in [1.29, 1.82) is 0 Å². The second-order valence-corrected chi connectivity index (χ2v) is 5.20. The van der Waals surface area contributed by atoms with Gasteiger partial charge in [0.15, 0.2) is 0 Å². The maximum atomic E-state index is 11.9. The predicted molar refractivity (Wildman–Crippen MR) is 86.8 cm³/mol. The highest BCUT2D eigenvalue weighted by Crippen LogP contribution is 2.20. The molecule has 22 heavy (non-hydrogen) atoms. The summed E-state index contributed by atoms with van der Waals surface area (Å²) in [6.45, 7) is 0.198. The van der Waals surface area contributed by atoms with Gasteiger partial charge in [0.1, 0.15) is 0 Å². The molecule has 0 spiro atoms. The number of nitrogens with zero attached hydrogens (tertiary/aromatic N) is 2. The number of anilines is 1. The van der Waals surface area contributed by atoms with Crippen molar-refractivity contribution < 1.29 is 4.79 Å². The number of benzene rings is 1. The smallest absolute Gasteiger partial charge is 0.259 e. The third-order valence-corrected chi connectivity index (χ3v) is 3.62. The number of rotatable bonds is 4. The van der Waals surface area contributed by atoms with Crippen LogP contribution in [-0.4, -0.2) is 23.1 Å². The highest BCUT2D eigenvalue weighted by molar-refractivity contribution is 6.03. The van der Waals surface area contributed by atoms with Crippen LogP contribution in [0.25, 0.3) is 0 Å². The average Bonchev–Trinajstić information content (AvgIpc) is 2.59. The van der Waals surface area contributed by atoms with E-state index in [9.17, 15) is 4.79 Å². The molecule has 0 radical (unpaired) electrons. The van der Waals surface area contributed by atoms with Crippen LogP contribution in [0.15, 0.2) is 53.9 Å². The zero-order chi connectivity index (χ0) is 15.2. The highest BCUT2D eigenvalue weighted by Gasteiger charge is 2.15. The van der Waals surface area contributed by atoms with E-state index in [2.05, 4.69) is 20.8 Å². The molecule has 0 saturated heterocycles. The summed E-state index contributed by atoms with van der Waals surface area (Å²) >= 11 is 0. The summed E-state index contributed by atoms with van der Waals surface area (Å²) in [6.07, 6.45) is 6.58. The van der Waals surface area contributed by atoms with Gasteiger partial charge >= 0.3 is 0 Å². The Hall–Kier alpha value is -2.69. The number of hydrazone groups is 1. The molecule has 0 fully saturated rings. The topological polar surface area (TPSA) is 66.4 Å². The SMILES string of the molecule is O=C(CNc1ccccc1)N/N=C1\CCCc2cnccc21. The fourth-order valence-corrected chi connectivity index (χ4v) is 2.51. The molecule has 5 nitrogen and oxygen atoms in total. The van der Waals surface area contributed by atoms with Crippen molar-refractivity contribution in [3.8, 4) is 0 Å². The highest BCUT2D eigenvalue weighted by atomic mass is 16.2. The normalized spacial score (nSPS) is 15.2. The standard InChI is InChI=1S/C17H18N4O/c22-17(12-19-14-6-2-1-3-7-14)21-20-16-8-4-5-13-11-18-10-9-15(13)16/h1-3,6-7,9-11,19H,4-5,8,12H2,(H,21,22)/b20-16+. The summed E-state index contributed by atoms with van der Waals surface area (Å²) in [7, 11) is 0. The van der Waals surface area contributed by atoms with Crippen LogP contribution in [0.5, 0.6) is 0 Å². The number of aryl methyl sites for hydroxylation is 1. The number of para-hydroxylation sites is 1. The summed E-state index contributed by atoms with van der Waals surface area (Å²) in [5.41, 5.74) is 6.77. The van der Waals surface area contributed by atoms with Gasteiger partial charge in [0.25, 0.3) is 5.91 Å². The quantitative estimate of drug-likeness (QED) is 0.851. The summed E-state index contributed by atoms with van der Waals surface area (Å²) < 4.78 is 0. The monoisotopic (exact) mass is 294 g/mol. The number of hydrogen-bond acceptors (Lipinski definition) is 4. The molecule has 0 unspecified atom stereocenters. The predicted octanol–water partition coefficient (Wildman–Crippen LogP) is 2.35. The molecule has 3 rings (SSSR count). The molecule has 1 aromatic carbocycles. The lowest BCUT2D eigenvalue weighted by molar-refractivity contribution is -0.119. The van der Waals surface area contributed by atoms with E-state index in [-0.39, 0.29) is 12.5 Å². The molecule has 2 aromatic rings. The molecule has 1 amide bonds. The molecule has 5 heteroatoms. The lowest BCUT2D eigenvalue weighted by atomic mass is 9.92. The van der Waals surface area contributed by atoms with Crippen molar-refractivity contribution in [2.75, 3.05) is 11.9 Å². The van der Waals surface area contributed by atoms with Gasteiger partial charge in [-0.15, -0.1) is 0 Å². The first kappa shape index (κ1) is 14.3. The Morgan fingerprint density at radius 1 is 1.18 bits per heavy atom. The van der Waals surface area contributed by atoms with Crippen molar-refractivity contribution in [2.45, 2.75) is 19.3 Å². The molecule has 1 aromatic heterocycles. The van der Waals surface area contributed by atoms with Gasteiger partial charge in [-0.25, -0.2) is 5.43 Å². The van der Waals surface area contributed by atoms with Crippen molar-refractivity contribution in [3.63, 3.8) is 0 Å². The van der Waals surface area contributed by atoms with Crippen LogP contribution in [0, 0.1) is 0 Å². The molecule has 1 aliphatic carbocycles. The second kappa shape index (κ2) is 6.85. The van der Waals surface area contributed by atoms with E-state index < -0.39 is 0 Å².